The van der Waals surface area contributed by atoms with Crippen LogP contribution in [0.3, 0.4) is 0 Å². The predicted octanol–water partition coefficient (Wildman–Crippen LogP) is 4.72. The molecule has 1 aliphatic rings. The molecule has 1 atom stereocenters. The van der Waals surface area contributed by atoms with Crippen molar-refractivity contribution in [2.45, 2.75) is 26.7 Å². The maximum Gasteiger partial charge on any atom is 0.230 e. The standard InChI is InChI=1S/C15H19BrCl2N2O/c1-15(2,9-4-3-5-19-8-9)14(21)20-13-11(17)6-10(16)7-12(13)18/h6-7,9,19H,3-5,8H2,1-2H3,(H,20,21). The van der Waals surface area contributed by atoms with E-state index in [9.17, 15) is 4.79 Å². The van der Waals surface area contributed by atoms with Crippen molar-refractivity contribution in [3.63, 3.8) is 0 Å². The summed E-state index contributed by atoms with van der Waals surface area (Å²) >= 11 is 15.7. The SMILES string of the molecule is CC(C)(C(=O)Nc1c(Cl)cc(Br)cc1Cl)C1CCCNC1. The van der Waals surface area contributed by atoms with Crippen molar-refractivity contribution in [3.8, 4) is 0 Å². The second kappa shape index (κ2) is 6.86. The molecule has 1 unspecified atom stereocenters. The number of anilines is 1. The van der Waals surface area contributed by atoms with E-state index in [2.05, 4.69) is 26.6 Å². The van der Waals surface area contributed by atoms with Crippen molar-refractivity contribution in [3.05, 3.63) is 26.7 Å². The van der Waals surface area contributed by atoms with Crippen molar-refractivity contribution >= 4 is 50.7 Å². The zero-order chi connectivity index (χ0) is 15.6. The fraction of sp³-hybridized carbons (Fsp3) is 0.533. The maximum atomic E-state index is 12.7. The van der Waals surface area contributed by atoms with Crippen LogP contribution in [-0.2, 0) is 4.79 Å². The lowest BCUT2D eigenvalue weighted by molar-refractivity contribution is -0.127. The summed E-state index contributed by atoms with van der Waals surface area (Å²) in [4.78, 5) is 12.7. The third kappa shape index (κ3) is 3.92. The molecular weight excluding hydrogens is 375 g/mol. The number of benzene rings is 1. The molecule has 0 bridgehead atoms. The van der Waals surface area contributed by atoms with Crippen molar-refractivity contribution in [2.24, 2.45) is 11.3 Å². The number of piperidine rings is 1. The minimum absolute atomic E-state index is 0.0534. The number of amides is 1. The van der Waals surface area contributed by atoms with E-state index in [-0.39, 0.29) is 5.91 Å². The van der Waals surface area contributed by atoms with Crippen LogP contribution in [0.5, 0.6) is 0 Å². The van der Waals surface area contributed by atoms with Crippen LogP contribution in [0.2, 0.25) is 10.0 Å². The summed E-state index contributed by atoms with van der Waals surface area (Å²) in [6.45, 7) is 5.84. The van der Waals surface area contributed by atoms with Gasteiger partial charge in [0.1, 0.15) is 0 Å². The van der Waals surface area contributed by atoms with Crippen LogP contribution < -0.4 is 10.6 Å². The van der Waals surface area contributed by atoms with Gasteiger partial charge in [0.05, 0.1) is 15.7 Å². The van der Waals surface area contributed by atoms with Gasteiger partial charge in [0.25, 0.3) is 0 Å². The summed E-state index contributed by atoms with van der Waals surface area (Å²) in [7, 11) is 0. The maximum absolute atomic E-state index is 12.7. The van der Waals surface area contributed by atoms with E-state index in [4.69, 9.17) is 23.2 Å². The molecule has 1 aromatic carbocycles. The molecule has 0 spiro atoms. The summed E-state index contributed by atoms with van der Waals surface area (Å²) in [5, 5.41) is 7.11. The van der Waals surface area contributed by atoms with Crippen molar-refractivity contribution in [1.82, 2.24) is 5.32 Å². The summed E-state index contributed by atoms with van der Waals surface area (Å²) in [5.74, 6) is 0.251. The third-order valence-corrected chi connectivity index (χ3v) is 5.20. The first-order valence-electron chi connectivity index (χ1n) is 6.99. The Morgan fingerprint density at radius 1 is 1.38 bits per heavy atom. The molecule has 1 heterocycles. The van der Waals surface area contributed by atoms with Crippen LogP contribution in [0.1, 0.15) is 26.7 Å². The molecule has 2 rings (SSSR count). The number of halogens is 3. The highest BCUT2D eigenvalue weighted by Gasteiger charge is 2.37. The van der Waals surface area contributed by atoms with E-state index in [0.717, 1.165) is 30.4 Å². The van der Waals surface area contributed by atoms with Crippen LogP contribution in [0.25, 0.3) is 0 Å². The van der Waals surface area contributed by atoms with Gasteiger partial charge in [-0.05, 0) is 44.0 Å². The Balaban J connectivity index is 2.17. The van der Waals surface area contributed by atoms with E-state index in [0.29, 0.717) is 21.7 Å². The zero-order valence-electron chi connectivity index (χ0n) is 12.1. The topological polar surface area (TPSA) is 41.1 Å². The average Bonchev–Trinajstić information content (AvgIpc) is 2.43. The Kier molecular flexibility index (Phi) is 5.58. The Bertz CT molecular complexity index is 519. The monoisotopic (exact) mass is 392 g/mol. The summed E-state index contributed by atoms with van der Waals surface area (Å²) < 4.78 is 0.784. The normalized spacial score (nSPS) is 19.4. The minimum atomic E-state index is -0.479. The number of hydrogen-bond donors (Lipinski definition) is 2. The van der Waals surface area contributed by atoms with Gasteiger partial charge in [-0.2, -0.15) is 0 Å². The van der Waals surface area contributed by atoms with Gasteiger partial charge >= 0.3 is 0 Å². The number of nitrogens with one attached hydrogen (secondary N) is 2. The van der Waals surface area contributed by atoms with Crippen molar-refractivity contribution in [1.29, 1.82) is 0 Å². The molecule has 21 heavy (non-hydrogen) atoms. The summed E-state index contributed by atoms with van der Waals surface area (Å²) in [6.07, 6.45) is 2.15. The van der Waals surface area contributed by atoms with Crippen molar-refractivity contribution < 1.29 is 4.79 Å². The first kappa shape index (κ1) is 17.1. The van der Waals surface area contributed by atoms with Gasteiger partial charge < -0.3 is 10.6 Å². The number of hydrogen-bond acceptors (Lipinski definition) is 2. The molecule has 1 amide bonds. The van der Waals surface area contributed by atoms with E-state index in [1.165, 1.54) is 0 Å². The Labute approximate surface area is 143 Å². The average molecular weight is 394 g/mol. The van der Waals surface area contributed by atoms with E-state index >= 15 is 0 Å². The highest BCUT2D eigenvalue weighted by Crippen LogP contribution is 2.37. The molecule has 6 heteroatoms. The van der Waals surface area contributed by atoms with Crippen molar-refractivity contribution in [2.75, 3.05) is 18.4 Å². The molecule has 116 valence electrons. The first-order valence-corrected chi connectivity index (χ1v) is 8.54. The Morgan fingerprint density at radius 3 is 2.52 bits per heavy atom. The fourth-order valence-electron chi connectivity index (χ4n) is 2.59. The van der Waals surface area contributed by atoms with Crippen LogP contribution >= 0.6 is 39.1 Å². The summed E-state index contributed by atoms with van der Waals surface area (Å²) in [6, 6.07) is 3.44. The lowest BCUT2D eigenvalue weighted by Crippen LogP contribution is -2.44. The lowest BCUT2D eigenvalue weighted by Gasteiger charge is -2.36. The van der Waals surface area contributed by atoms with E-state index in [1.54, 1.807) is 12.1 Å². The van der Waals surface area contributed by atoms with Gasteiger partial charge in [-0.25, -0.2) is 0 Å². The highest BCUT2D eigenvalue weighted by molar-refractivity contribution is 9.10. The number of carbonyl (C=O) groups is 1. The van der Waals surface area contributed by atoms with Crippen LogP contribution in [-0.4, -0.2) is 19.0 Å². The molecule has 1 aromatic rings. The lowest BCUT2D eigenvalue weighted by atomic mass is 9.74. The second-order valence-electron chi connectivity index (χ2n) is 5.96. The first-order chi connectivity index (χ1) is 9.82. The van der Waals surface area contributed by atoms with Gasteiger partial charge in [0.2, 0.25) is 5.91 Å². The molecule has 2 N–H and O–H groups in total. The predicted molar refractivity (Wildman–Crippen MR) is 92.2 cm³/mol. The van der Waals surface area contributed by atoms with Gasteiger partial charge in [0, 0.05) is 9.89 Å². The van der Waals surface area contributed by atoms with Crippen LogP contribution in [0.15, 0.2) is 16.6 Å². The van der Waals surface area contributed by atoms with Crippen LogP contribution in [0, 0.1) is 11.3 Å². The smallest absolute Gasteiger partial charge is 0.230 e. The third-order valence-electron chi connectivity index (χ3n) is 4.15. The van der Waals surface area contributed by atoms with Gasteiger partial charge in [-0.15, -0.1) is 0 Å². The van der Waals surface area contributed by atoms with Gasteiger partial charge in [0.15, 0.2) is 0 Å². The van der Waals surface area contributed by atoms with E-state index in [1.807, 2.05) is 13.8 Å². The zero-order valence-corrected chi connectivity index (χ0v) is 15.2. The molecule has 0 aromatic heterocycles. The quantitative estimate of drug-likeness (QED) is 0.779. The van der Waals surface area contributed by atoms with Gasteiger partial charge in [-0.3, -0.25) is 4.79 Å². The van der Waals surface area contributed by atoms with Crippen LogP contribution in [0.4, 0.5) is 5.69 Å². The largest absolute Gasteiger partial charge is 0.323 e. The fourth-order valence-corrected chi connectivity index (χ4v) is 3.89. The number of carbonyl (C=O) groups excluding carboxylic acids is 1. The molecule has 1 fully saturated rings. The molecule has 0 saturated carbocycles. The Hall–Kier alpha value is -0.290. The molecule has 3 nitrogen and oxygen atoms in total. The Morgan fingerprint density at radius 2 is 2.00 bits per heavy atom. The summed E-state index contributed by atoms with van der Waals surface area (Å²) in [5.41, 5.74) is -0.00367. The van der Waals surface area contributed by atoms with Gasteiger partial charge in [-0.1, -0.05) is 53.0 Å². The molecule has 0 radical (unpaired) electrons. The minimum Gasteiger partial charge on any atom is -0.323 e. The highest BCUT2D eigenvalue weighted by atomic mass is 79.9. The molecule has 1 aliphatic heterocycles. The number of rotatable bonds is 3. The van der Waals surface area contributed by atoms with E-state index < -0.39 is 5.41 Å². The molecule has 0 aliphatic carbocycles. The second-order valence-corrected chi connectivity index (χ2v) is 7.69. The molecular formula is C15H19BrCl2N2O. The molecule has 1 saturated heterocycles.